The highest BCUT2D eigenvalue weighted by Crippen LogP contribution is 2.33. The van der Waals surface area contributed by atoms with Gasteiger partial charge in [0.25, 0.3) is 10.0 Å². The van der Waals surface area contributed by atoms with Crippen LogP contribution in [0.15, 0.2) is 47.4 Å². The van der Waals surface area contributed by atoms with E-state index in [0.717, 1.165) is 9.87 Å². The third-order valence-electron chi connectivity index (χ3n) is 3.88. The summed E-state index contributed by atoms with van der Waals surface area (Å²) >= 11 is 11.9. The van der Waals surface area contributed by atoms with E-state index in [1.807, 2.05) is 26.0 Å². The second kappa shape index (κ2) is 8.95. The fourth-order valence-electron chi connectivity index (χ4n) is 2.59. The summed E-state index contributed by atoms with van der Waals surface area (Å²) in [4.78, 5) is 12.1. The van der Waals surface area contributed by atoms with E-state index in [1.165, 1.54) is 18.2 Å². The van der Waals surface area contributed by atoms with Gasteiger partial charge in [0.05, 0.1) is 27.2 Å². The van der Waals surface area contributed by atoms with Crippen molar-refractivity contribution in [2.24, 2.45) is 0 Å². The zero-order valence-corrected chi connectivity index (χ0v) is 17.6. The molecule has 2 aromatic carbocycles. The molecule has 0 spiro atoms. The molecule has 0 atom stereocenters. The Morgan fingerprint density at radius 1 is 1.11 bits per heavy atom. The van der Waals surface area contributed by atoms with Crippen LogP contribution in [0, 0.1) is 0 Å². The van der Waals surface area contributed by atoms with Crippen LogP contribution >= 0.6 is 23.2 Å². The van der Waals surface area contributed by atoms with Gasteiger partial charge in [-0.2, -0.15) is 0 Å². The van der Waals surface area contributed by atoms with Gasteiger partial charge in [-0.1, -0.05) is 55.2 Å². The first-order valence-electron chi connectivity index (χ1n) is 8.40. The zero-order valence-electron chi connectivity index (χ0n) is 15.3. The van der Waals surface area contributed by atoms with Crippen molar-refractivity contribution in [3.63, 3.8) is 0 Å². The molecular formula is C19H21Cl2NO4S. The van der Waals surface area contributed by atoms with Crippen molar-refractivity contribution in [3.8, 4) is 0 Å². The highest BCUT2D eigenvalue weighted by atomic mass is 35.5. The molecule has 2 aromatic rings. The summed E-state index contributed by atoms with van der Waals surface area (Å²) in [5.74, 6) is -0.588. The average molecular weight is 430 g/mol. The molecule has 8 heteroatoms. The van der Waals surface area contributed by atoms with Gasteiger partial charge in [0.2, 0.25) is 0 Å². The van der Waals surface area contributed by atoms with E-state index >= 15 is 0 Å². The summed E-state index contributed by atoms with van der Waals surface area (Å²) in [5, 5.41) is 0.362. The van der Waals surface area contributed by atoms with Gasteiger partial charge in [0, 0.05) is 0 Å². The Balaban J connectivity index is 2.62. The Kier molecular flexibility index (Phi) is 7.14. The molecule has 0 aliphatic carbocycles. The molecule has 0 aliphatic heterocycles. The summed E-state index contributed by atoms with van der Waals surface area (Å²) in [6.45, 7) is 5.28. The van der Waals surface area contributed by atoms with E-state index in [4.69, 9.17) is 27.9 Å². The molecule has 0 saturated carbocycles. The maximum Gasteiger partial charge on any atom is 0.326 e. The van der Waals surface area contributed by atoms with Crippen LogP contribution in [0.2, 0.25) is 10.0 Å². The van der Waals surface area contributed by atoms with Crippen molar-refractivity contribution >= 4 is 44.9 Å². The number of benzene rings is 2. The number of esters is 1. The van der Waals surface area contributed by atoms with Gasteiger partial charge in [-0.05, 0) is 42.7 Å². The van der Waals surface area contributed by atoms with Gasteiger partial charge < -0.3 is 4.74 Å². The van der Waals surface area contributed by atoms with Crippen LogP contribution in [0.25, 0.3) is 0 Å². The Morgan fingerprint density at radius 2 is 1.78 bits per heavy atom. The van der Waals surface area contributed by atoms with E-state index in [0.29, 0.717) is 5.69 Å². The number of hydrogen-bond donors (Lipinski definition) is 0. The van der Waals surface area contributed by atoms with Crippen molar-refractivity contribution in [2.75, 3.05) is 17.5 Å². The number of sulfonamides is 1. The summed E-state index contributed by atoms with van der Waals surface area (Å²) in [6, 6.07) is 11.1. The van der Waals surface area contributed by atoms with Crippen LogP contribution in [0.5, 0.6) is 0 Å². The molecule has 2 rings (SSSR count). The van der Waals surface area contributed by atoms with Crippen molar-refractivity contribution < 1.29 is 17.9 Å². The molecule has 0 heterocycles. The van der Waals surface area contributed by atoms with Crippen molar-refractivity contribution in [3.05, 3.63) is 58.1 Å². The highest BCUT2D eigenvalue weighted by Gasteiger charge is 2.30. The molecule has 0 unspecified atom stereocenters. The summed E-state index contributed by atoms with van der Waals surface area (Å²) in [6.07, 6.45) is 0. The average Bonchev–Trinajstić information content (AvgIpc) is 2.62. The van der Waals surface area contributed by atoms with E-state index in [2.05, 4.69) is 0 Å². The number of halogens is 2. The number of carbonyl (C=O) groups excluding carboxylic acids is 1. The number of nitrogens with zero attached hydrogens (tertiary/aromatic N) is 1. The molecule has 0 aliphatic rings. The van der Waals surface area contributed by atoms with Crippen LogP contribution in [0.1, 0.15) is 32.3 Å². The highest BCUT2D eigenvalue weighted by molar-refractivity contribution is 7.92. The summed E-state index contributed by atoms with van der Waals surface area (Å²) < 4.78 is 32.7. The molecule has 5 nitrogen and oxygen atoms in total. The molecule has 0 amide bonds. The minimum absolute atomic E-state index is 0.0508. The first kappa shape index (κ1) is 21.5. The first-order valence-corrected chi connectivity index (χ1v) is 10.6. The number of ether oxygens (including phenoxy) is 1. The lowest BCUT2D eigenvalue weighted by atomic mass is 10.0. The van der Waals surface area contributed by atoms with Crippen LogP contribution in [-0.2, 0) is 19.6 Å². The number of rotatable bonds is 7. The maximum absolute atomic E-state index is 13.3. The largest absolute Gasteiger partial charge is 0.465 e. The van der Waals surface area contributed by atoms with Gasteiger partial charge in [-0.25, -0.2) is 8.42 Å². The number of carbonyl (C=O) groups is 1. The Bertz CT molecular complexity index is 929. The third-order valence-corrected chi connectivity index (χ3v) is 6.38. The second-order valence-corrected chi connectivity index (χ2v) is 8.78. The Labute approximate surface area is 169 Å². The molecule has 0 bridgehead atoms. The van der Waals surface area contributed by atoms with Crippen LogP contribution in [0.4, 0.5) is 5.69 Å². The Morgan fingerprint density at radius 3 is 2.37 bits per heavy atom. The SMILES string of the molecule is CCOC(=O)CN(c1ccccc1C(C)C)S(=O)(=O)c1ccc(Cl)c(Cl)c1. The standard InChI is InChI=1S/C19H21Cl2NO4S/c1-4-26-19(23)12-22(18-8-6-5-7-15(18)13(2)3)27(24,25)14-9-10-16(20)17(21)11-14/h5-11,13H,4,12H2,1-3H3. The number of anilines is 1. The molecule has 27 heavy (non-hydrogen) atoms. The fourth-order valence-corrected chi connectivity index (χ4v) is 4.42. The van der Waals surface area contributed by atoms with Gasteiger partial charge in [-0.15, -0.1) is 0 Å². The van der Waals surface area contributed by atoms with E-state index in [1.54, 1.807) is 19.1 Å². The lowest BCUT2D eigenvalue weighted by Crippen LogP contribution is -2.37. The molecule has 0 radical (unpaired) electrons. The normalized spacial score (nSPS) is 11.5. The molecule has 0 fully saturated rings. The molecule has 0 aromatic heterocycles. The maximum atomic E-state index is 13.3. The van der Waals surface area contributed by atoms with E-state index in [-0.39, 0.29) is 27.5 Å². The van der Waals surface area contributed by atoms with Crippen LogP contribution in [-0.4, -0.2) is 27.5 Å². The first-order chi connectivity index (χ1) is 12.7. The van der Waals surface area contributed by atoms with E-state index < -0.39 is 22.5 Å². The number of para-hydroxylation sites is 1. The summed E-state index contributed by atoms with van der Waals surface area (Å²) in [5.41, 5.74) is 1.22. The van der Waals surface area contributed by atoms with Crippen LogP contribution in [0.3, 0.4) is 0 Å². The number of hydrogen-bond acceptors (Lipinski definition) is 4. The lowest BCUT2D eigenvalue weighted by Gasteiger charge is -2.27. The zero-order chi connectivity index (χ0) is 20.2. The van der Waals surface area contributed by atoms with Gasteiger partial charge in [-0.3, -0.25) is 9.10 Å². The van der Waals surface area contributed by atoms with Gasteiger partial charge >= 0.3 is 5.97 Å². The van der Waals surface area contributed by atoms with E-state index in [9.17, 15) is 13.2 Å². The minimum atomic E-state index is -4.07. The molecule has 0 N–H and O–H groups in total. The van der Waals surface area contributed by atoms with Crippen LogP contribution < -0.4 is 4.31 Å². The fraction of sp³-hybridized carbons (Fsp3) is 0.316. The summed E-state index contributed by atoms with van der Waals surface area (Å²) in [7, 11) is -4.07. The second-order valence-electron chi connectivity index (χ2n) is 6.11. The Hall–Kier alpha value is -1.76. The van der Waals surface area contributed by atoms with Crippen molar-refractivity contribution in [1.82, 2.24) is 0 Å². The van der Waals surface area contributed by atoms with Crippen molar-refractivity contribution in [1.29, 1.82) is 0 Å². The third kappa shape index (κ3) is 4.94. The minimum Gasteiger partial charge on any atom is -0.465 e. The molecule has 146 valence electrons. The molecular weight excluding hydrogens is 409 g/mol. The smallest absolute Gasteiger partial charge is 0.326 e. The lowest BCUT2D eigenvalue weighted by molar-refractivity contribution is -0.141. The van der Waals surface area contributed by atoms with Gasteiger partial charge in [0.1, 0.15) is 6.54 Å². The topological polar surface area (TPSA) is 63.7 Å². The monoisotopic (exact) mass is 429 g/mol. The quantitative estimate of drug-likeness (QED) is 0.588. The molecule has 0 saturated heterocycles. The predicted molar refractivity (Wildman–Crippen MR) is 108 cm³/mol. The van der Waals surface area contributed by atoms with Gasteiger partial charge in [0.15, 0.2) is 0 Å². The van der Waals surface area contributed by atoms with Crippen molar-refractivity contribution in [2.45, 2.75) is 31.6 Å². The predicted octanol–water partition coefficient (Wildman–Crippen LogP) is 4.88.